The second-order valence-electron chi connectivity index (χ2n) is 6.57. The van der Waals surface area contributed by atoms with Crippen molar-refractivity contribution in [1.82, 2.24) is 5.32 Å². The van der Waals surface area contributed by atoms with E-state index in [1.54, 1.807) is 18.2 Å². The molecule has 0 bridgehead atoms. The van der Waals surface area contributed by atoms with Crippen LogP contribution in [-0.4, -0.2) is 43.2 Å². The first-order valence-corrected chi connectivity index (χ1v) is 9.34. The van der Waals surface area contributed by atoms with Crippen molar-refractivity contribution in [3.8, 4) is 0 Å². The monoisotopic (exact) mass is 397 g/mol. The van der Waals surface area contributed by atoms with Gasteiger partial charge in [0.05, 0.1) is 18.9 Å². The van der Waals surface area contributed by atoms with Gasteiger partial charge in [0.25, 0.3) is 11.8 Å². The van der Waals surface area contributed by atoms with Crippen molar-refractivity contribution in [2.45, 2.75) is 6.92 Å². The number of nitrogens with zero attached hydrogens (tertiary/aromatic N) is 2. The maximum absolute atomic E-state index is 13.0. The maximum Gasteiger partial charge on any atom is 0.270 e. The molecule has 1 aromatic carbocycles. The quantitative estimate of drug-likeness (QED) is 0.487. The number of carbonyl (C=O) groups is 2. The summed E-state index contributed by atoms with van der Waals surface area (Å²) in [7, 11) is 0. The van der Waals surface area contributed by atoms with Gasteiger partial charge >= 0.3 is 0 Å². The summed E-state index contributed by atoms with van der Waals surface area (Å²) in [4.78, 5) is 28.7. The molecule has 1 aromatic heterocycles. The molecule has 0 saturated carbocycles. The summed E-state index contributed by atoms with van der Waals surface area (Å²) in [5.74, 6) is 0.0889. The Hall–Kier alpha value is -2.97. The summed E-state index contributed by atoms with van der Waals surface area (Å²) in [5, 5.41) is 2.63. The molecule has 7 nitrogen and oxygen atoms in total. The molecule has 2 fully saturated rings. The van der Waals surface area contributed by atoms with Crippen molar-refractivity contribution in [3.05, 3.63) is 53.3 Å². The smallest absolute Gasteiger partial charge is 0.270 e. The zero-order valence-electron chi connectivity index (χ0n) is 15.3. The Bertz CT molecular complexity index is 958. The summed E-state index contributed by atoms with van der Waals surface area (Å²) in [5.41, 5.74) is 1.63. The van der Waals surface area contributed by atoms with E-state index in [0.29, 0.717) is 30.5 Å². The summed E-state index contributed by atoms with van der Waals surface area (Å²) in [6.07, 6.45) is 1.45. The van der Waals surface area contributed by atoms with Crippen molar-refractivity contribution in [1.29, 1.82) is 0 Å². The molecule has 0 aliphatic carbocycles. The van der Waals surface area contributed by atoms with Crippen LogP contribution in [0.5, 0.6) is 0 Å². The van der Waals surface area contributed by atoms with Gasteiger partial charge in [-0.25, -0.2) is 0 Å². The van der Waals surface area contributed by atoms with Gasteiger partial charge in [0.15, 0.2) is 11.0 Å². The van der Waals surface area contributed by atoms with Gasteiger partial charge in [-0.3, -0.25) is 19.8 Å². The predicted octanol–water partition coefficient (Wildman–Crippen LogP) is 2.26. The number of hydrogen-bond acceptors (Lipinski definition) is 6. The maximum atomic E-state index is 13.0. The number of ether oxygens (including phenoxy) is 1. The van der Waals surface area contributed by atoms with Crippen LogP contribution in [0.3, 0.4) is 0 Å². The van der Waals surface area contributed by atoms with Crippen LogP contribution < -0.4 is 15.1 Å². The number of benzene rings is 1. The highest BCUT2D eigenvalue weighted by Gasteiger charge is 2.34. The zero-order chi connectivity index (χ0) is 19.7. The van der Waals surface area contributed by atoms with E-state index in [2.05, 4.69) is 10.2 Å². The van der Waals surface area contributed by atoms with E-state index in [9.17, 15) is 9.59 Å². The largest absolute Gasteiger partial charge is 0.441 e. The Balaban J connectivity index is 1.61. The molecule has 0 unspecified atom stereocenters. The molecule has 4 rings (SSSR count). The van der Waals surface area contributed by atoms with Crippen LogP contribution in [0.15, 0.2) is 46.4 Å². The third-order valence-corrected chi connectivity index (χ3v) is 4.90. The van der Waals surface area contributed by atoms with Crippen LogP contribution in [-0.2, 0) is 14.3 Å². The van der Waals surface area contributed by atoms with Gasteiger partial charge in [-0.05, 0) is 43.4 Å². The number of amides is 2. The Kier molecular flexibility index (Phi) is 4.97. The van der Waals surface area contributed by atoms with Gasteiger partial charge in [0.1, 0.15) is 11.3 Å². The molecular formula is C20H19N3O4S. The van der Waals surface area contributed by atoms with Crippen LogP contribution in [0, 0.1) is 6.92 Å². The van der Waals surface area contributed by atoms with Crippen LogP contribution in [0.4, 0.5) is 11.6 Å². The number of nitrogens with one attached hydrogen (secondary N) is 1. The van der Waals surface area contributed by atoms with Crippen LogP contribution in [0.25, 0.3) is 6.08 Å². The fourth-order valence-electron chi connectivity index (χ4n) is 3.10. The molecular weight excluding hydrogens is 378 g/mol. The number of hydrogen-bond donors (Lipinski definition) is 1. The predicted molar refractivity (Wildman–Crippen MR) is 109 cm³/mol. The first-order chi connectivity index (χ1) is 13.5. The topological polar surface area (TPSA) is 75.0 Å². The van der Waals surface area contributed by atoms with Gasteiger partial charge in [-0.2, -0.15) is 0 Å². The second-order valence-corrected chi connectivity index (χ2v) is 6.96. The molecule has 0 radical (unpaired) electrons. The van der Waals surface area contributed by atoms with E-state index in [1.165, 1.54) is 11.0 Å². The lowest BCUT2D eigenvalue weighted by molar-refractivity contribution is -0.122. The number of rotatable bonds is 3. The standard InChI is InChI=1S/C20H19N3O4S/c1-13-2-4-14(5-3-13)23-19(25)16(18(24)21-20(23)28)12-15-6-7-17(27-15)22-8-10-26-11-9-22/h2-7,12H,8-11H2,1H3,(H,21,24,28). The molecule has 28 heavy (non-hydrogen) atoms. The van der Waals surface area contributed by atoms with Crippen LogP contribution in [0.1, 0.15) is 11.3 Å². The number of thiocarbonyl (C=S) groups is 1. The van der Waals surface area contributed by atoms with E-state index in [4.69, 9.17) is 21.4 Å². The Labute approximate surface area is 167 Å². The minimum atomic E-state index is -0.539. The molecule has 0 atom stereocenters. The molecule has 2 aliphatic heterocycles. The fourth-order valence-corrected chi connectivity index (χ4v) is 3.38. The summed E-state index contributed by atoms with van der Waals surface area (Å²) in [6.45, 7) is 4.70. The molecule has 3 heterocycles. The normalized spacial score (nSPS) is 19.3. The van der Waals surface area contributed by atoms with Crippen LogP contribution in [0.2, 0.25) is 0 Å². The lowest BCUT2D eigenvalue weighted by atomic mass is 10.1. The number of aryl methyl sites for hydroxylation is 1. The Morgan fingerprint density at radius 3 is 2.50 bits per heavy atom. The molecule has 0 spiro atoms. The van der Waals surface area contributed by atoms with E-state index in [0.717, 1.165) is 18.7 Å². The van der Waals surface area contributed by atoms with Crippen molar-refractivity contribution >= 4 is 46.8 Å². The van der Waals surface area contributed by atoms with Gasteiger partial charge in [-0.1, -0.05) is 17.7 Å². The first-order valence-electron chi connectivity index (χ1n) is 8.93. The number of furan rings is 1. The second kappa shape index (κ2) is 7.57. The summed E-state index contributed by atoms with van der Waals surface area (Å²) in [6, 6.07) is 10.9. The zero-order valence-corrected chi connectivity index (χ0v) is 16.1. The minimum Gasteiger partial charge on any atom is -0.441 e. The Morgan fingerprint density at radius 2 is 1.79 bits per heavy atom. The SMILES string of the molecule is Cc1ccc(N2C(=O)C(=Cc3ccc(N4CCOCC4)o3)C(=O)NC2=S)cc1. The van der Waals surface area contributed by atoms with Crippen molar-refractivity contribution in [2.75, 3.05) is 36.1 Å². The van der Waals surface area contributed by atoms with Gasteiger partial charge < -0.3 is 14.1 Å². The molecule has 2 aliphatic rings. The van der Waals surface area contributed by atoms with Gasteiger partial charge in [-0.15, -0.1) is 0 Å². The number of morpholine rings is 1. The summed E-state index contributed by atoms with van der Waals surface area (Å²) >= 11 is 5.21. The highest BCUT2D eigenvalue weighted by atomic mass is 32.1. The highest BCUT2D eigenvalue weighted by molar-refractivity contribution is 7.80. The fraction of sp³-hybridized carbons (Fsp3) is 0.250. The van der Waals surface area contributed by atoms with E-state index < -0.39 is 11.8 Å². The van der Waals surface area contributed by atoms with Crippen molar-refractivity contribution in [2.24, 2.45) is 0 Å². The molecule has 2 saturated heterocycles. The average Bonchev–Trinajstić information content (AvgIpc) is 3.16. The van der Waals surface area contributed by atoms with E-state index in [-0.39, 0.29) is 10.7 Å². The summed E-state index contributed by atoms with van der Waals surface area (Å²) < 4.78 is 11.2. The number of carbonyl (C=O) groups excluding carboxylic acids is 2. The number of anilines is 2. The Morgan fingerprint density at radius 1 is 1.07 bits per heavy atom. The van der Waals surface area contributed by atoms with Gasteiger partial charge in [0, 0.05) is 19.2 Å². The van der Waals surface area contributed by atoms with E-state index >= 15 is 0 Å². The third kappa shape index (κ3) is 3.56. The third-order valence-electron chi connectivity index (χ3n) is 4.62. The van der Waals surface area contributed by atoms with E-state index in [1.807, 2.05) is 25.1 Å². The minimum absolute atomic E-state index is 0.0305. The van der Waals surface area contributed by atoms with Crippen LogP contribution >= 0.6 is 12.2 Å². The highest BCUT2D eigenvalue weighted by Crippen LogP contribution is 2.25. The molecule has 144 valence electrons. The van der Waals surface area contributed by atoms with Crippen molar-refractivity contribution in [3.63, 3.8) is 0 Å². The van der Waals surface area contributed by atoms with Gasteiger partial charge in [0.2, 0.25) is 0 Å². The molecule has 2 aromatic rings. The molecule has 2 amide bonds. The lowest BCUT2D eigenvalue weighted by Gasteiger charge is -2.28. The molecule has 8 heteroatoms. The molecule has 1 N–H and O–H groups in total. The first kappa shape index (κ1) is 18.4. The van der Waals surface area contributed by atoms with Crippen molar-refractivity contribution < 1.29 is 18.7 Å². The lowest BCUT2D eigenvalue weighted by Crippen LogP contribution is -2.54. The average molecular weight is 397 g/mol.